The fourth-order valence-corrected chi connectivity index (χ4v) is 5.76. The van der Waals surface area contributed by atoms with E-state index in [1.54, 1.807) is 29.3 Å². The van der Waals surface area contributed by atoms with Crippen LogP contribution in [0, 0.1) is 11.8 Å². The van der Waals surface area contributed by atoms with Crippen molar-refractivity contribution in [1.29, 1.82) is 0 Å². The van der Waals surface area contributed by atoms with Crippen molar-refractivity contribution in [2.45, 2.75) is 37.0 Å². The van der Waals surface area contributed by atoms with Crippen molar-refractivity contribution in [3.63, 3.8) is 0 Å². The lowest BCUT2D eigenvalue weighted by molar-refractivity contribution is 0.578. The third-order valence-electron chi connectivity index (χ3n) is 6.72. The van der Waals surface area contributed by atoms with Crippen LogP contribution in [-0.4, -0.2) is 57.4 Å². The summed E-state index contributed by atoms with van der Waals surface area (Å²) in [6.45, 7) is 0. The quantitative estimate of drug-likeness (QED) is 0.302. The Kier molecular flexibility index (Phi) is 5.71. The highest BCUT2D eigenvalue weighted by Crippen LogP contribution is 2.36. The van der Waals surface area contributed by atoms with Gasteiger partial charge < -0.3 is 5.32 Å². The van der Waals surface area contributed by atoms with E-state index in [4.69, 9.17) is 0 Å². The Morgan fingerprint density at radius 3 is 2.52 bits per heavy atom. The molecule has 0 amide bonds. The highest BCUT2D eigenvalue weighted by molar-refractivity contribution is 7.90. The van der Waals surface area contributed by atoms with Crippen LogP contribution in [0.25, 0.3) is 22.5 Å². The first-order valence-corrected chi connectivity index (χ1v) is 14.4. The molecule has 5 aromatic rings. The molecule has 0 saturated heterocycles. The minimum atomic E-state index is -3.47. The zero-order valence-corrected chi connectivity index (χ0v) is 22.3. The number of nitrogens with one attached hydrogen (secondary N) is 1. The van der Waals surface area contributed by atoms with Crippen molar-refractivity contribution in [3.8, 4) is 34.4 Å². The van der Waals surface area contributed by atoms with Gasteiger partial charge in [0.2, 0.25) is 0 Å². The van der Waals surface area contributed by atoms with Crippen LogP contribution < -0.4 is 5.32 Å². The third kappa shape index (κ3) is 4.85. The normalized spacial score (nSPS) is 15.0. The van der Waals surface area contributed by atoms with E-state index in [1.807, 2.05) is 36.4 Å². The van der Waals surface area contributed by atoms with Gasteiger partial charge in [0.15, 0.2) is 5.82 Å². The molecule has 2 fully saturated rings. The van der Waals surface area contributed by atoms with E-state index in [0.29, 0.717) is 41.9 Å². The lowest BCUT2D eigenvalue weighted by Crippen LogP contribution is -2.17. The average Bonchev–Trinajstić information content (AvgIpc) is 3.85. The molecule has 0 aliphatic heterocycles. The summed E-state index contributed by atoms with van der Waals surface area (Å²) in [5.74, 6) is 7.81. The fourth-order valence-electron chi connectivity index (χ4n) is 4.28. The predicted octanol–water partition coefficient (Wildman–Crippen LogP) is 3.15. The molecule has 0 bridgehead atoms. The second-order valence-corrected chi connectivity index (χ2v) is 12.0. The Balaban J connectivity index is 1.19. The maximum atomic E-state index is 12.5. The summed E-state index contributed by atoms with van der Waals surface area (Å²) in [5, 5.41) is 15.7. The zero-order chi connectivity index (χ0) is 27.3. The summed E-state index contributed by atoms with van der Waals surface area (Å²) in [6.07, 6.45) is 17.3. The first kappa shape index (κ1) is 24.2. The first-order chi connectivity index (χ1) is 19.4. The lowest BCUT2D eigenvalue weighted by atomic mass is 10.0. The molecule has 1 N–H and O–H groups in total. The van der Waals surface area contributed by atoms with Crippen molar-refractivity contribution in [2.24, 2.45) is 7.05 Å². The van der Waals surface area contributed by atoms with Crippen LogP contribution in [0.5, 0.6) is 0 Å². The van der Waals surface area contributed by atoms with Crippen LogP contribution in [-0.2, 0) is 17.1 Å². The molecule has 0 radical (unpaired) electrons. The Hall–Kier alpha value is -4.83. The van der Waals surface area contributed by atoms with E-state index in [0.717, 1.165) is 39.2 Å². The fraction of sp³-hybridized carbons (Fsp3) is 0.259. The molecule has 2 saturated carbocycles. The largest absolute Gasteiger partial charge is 0.325 e. The minimum absolute atomic E-state index is 0.354. The van der Waals surface area contributed by atoms with E-state index in [2.05, 4.69) is 47.4 Å². The first-order valence-electron chi connectivity index (χ1n) is 12.9. The van der Waals surface area contributed by atoms with Gasteiger partial charge in [-0.15, -0.1) is 0 Å². The number of aromatic nitrogens is 9. The molecule has 0 spiro atoms. The number of hydrogen-bond acceptors (Lipinski definition) is 9. The van der Waals surface area contributed by atoms with Gasteiger partial charge in [0.1, 0.15) is 11.6 Å². The monoisotopic (exact) mass is 552 g/mol. The molecular weight excluding hydrogens is 528 g/mol. The molecule has 200 valence electrons. The van der Waals surface area contributed by atoms with Crippen LogP contribution in [0.15, 0.2) is 61.7 Å². The molecule has 0 aromatic carbocycles. The number of hydrogen-bond donors (Lipinski definition) is 1. The van der Waals surface area contributed by atoms with E-state index >= 15 is 0 Å². The van der Waals surface area contributed by atoms with E-state index in [-0.39, 0.29) is 5.25 Å². The zero-order valence-electron chi connectivity index (χ0n) is 21.5. The van der Waals surface area contributed by atoms with Crippen LogP contribution in [0.2, 0.25) is 0 Å². The van der Waals surface area contributed by atoms with Crippen LogP contribution >= 0.6 is 0 Å². The predicted molar refractivity (Wildman–Crippen MR) is 147 cm³/mol. The minimum Gasteiger partial charge on any atom is -0.325 e. The molecule has 2 aliphatic rings. The molecule has 0 atom stereocenters. The van der Waals surface area contributed by atoms with Gasteiger partial charge in [-0.3, -0.25) is 9.36 Å². The van der Waals surface area contributed by atoms with Gasteiger partial charge in [-0.25, -0.2) is 23.4 Å². The lowest BCUT2D eigenvalue weighted by Gasteiger charge is -2.09. The summed E-state index contributed by atoms with van der Waals surface area (Å²) in [4.78, 5) is 13.5. The molecular formula is C27H24N10O2S. The smallest absolute Gasteiger partial charge is 0.256 e. The van der Waals surface area contributed by atoms with Crippen molar-refractivity contribution >= 4 is 21.7 Å². The van der Waals surface area contributed by atoms with Gasteiger partial charge in [-0.2, -0.15) is 19.4 Å². The summed E-state index contributed by atoms with van der Waals surface area (Å²) >= 11 is 0. The number of anilines is 2. The van der Waals surface area contributed by atoms with E-state index in [1.165, 1.54) is 12.4 Å². The van der Waals surface area contributed by atoms with Crippen molar-refractivity contribution in [1.82, 2.24) is 43.7 Å². The van der Waals surface area contributed by atoms with Gasteiger partial charge in [-0.1, -0.05) is 11.8 Å². The number of aryl methyl sites for hydroxylation is 1. The second kappa shape index (κ2) is 9.42. The highest BCUT2D eigenvalue weighted by atomic mass is 32.2. The summed E-state index contributed by atoms with van der Waals surface area (Å²) in [6, 6.07) is 4.10. The molecule has 2 aliphatic carbocycles. The van der Waals surface area contributed by atoms with Gasteiger partial charge in [0.25, 0.3) is 10.0 Å². The average molecular weight is 553 g/mol. The topological polar surface area (TPSA) is 138 Å². The van der Waals surface area contributed by atoms with Gasteiger partial charge in [-0.05, 0) is 37.8 Å². The number of nitrogens with zero attached hydrogens (tertiary/aromatic N) is 9. The maximum Gasteiger partial charge on any atom is 0.256 e. The molecule has 12 nitrogen and oxygen atoms in total. The Labute approximate surface area is 230 Å². The van der Waals surface area contributed by atoms with E-state index < -0.39 is 10.0 Å². The number of pyridine rings is 1. The van der Waals surface area contributed by atoms with Gasteiger partial charge >= 0.3 is 0 Å². The Morgan fingerprint density at radius 1 is 0.900 bits per heavy atom. The summed E-state index contributed by atoms with van der Waals surface area (Å²) in [5.41, 5.74) is 3.92. The molecule has 5 aromatic heterocycles. The second-order valence-electron chi connectivity index (χ2n) is 9.94. The summed E-state index contributed by atoms with van der Waals surface area (Å²) in [7, 11) is -1.61. The van der Waals surface area contributed by atoms with Gasteiger partial charge in [0, 0.05) is 43.0 Å². The Morgan fingerprint density at radius 2 is 1.75 bits per heavy atom. The Bertz CT molecular complexity index is 1900. The molecule has 7 rings (SSSR count). The van der Waals surface area contributed by atoms with Crippen LogP contribution in [0.1, 0.15) is 42.9 Å². The van der Waals surface area contributed by atoms with E-state index in [9.17, 15) is 8.42 Å². The van der Waals surface area contributed by atoms with Crippen molar-refractivity contribution < 1.29 is 8.42 Å². The molecule has 40 heavy (non-hydrogen) atoms. The van der Waals surface area contributed by atoms with Crippen LogP contribution in [0.4, 0.5) is 11.6 Å². The molecule has 5 heterocycles. The maximum absolute atomic E-state index is 12.5. The molecule has 0 unspecified atom stereocenters. The standard InChI is InChI=1S/C27H24N10O2S/c1-35-15-18(11-30-35)2-3-19-12-29-26(10-24(19)20-13-31-36(16-20)22-4-5-22)33-25-8-9-28-27(34-25)21-14-32-37(17-21)40(38,39)23-6-7-23/h8-17,22-23H,4-7H2,1H3,(H,28,29,33,34). The molecule has 13 heteroatoms. The third-order valence-corrected chi connectivity index (χ3v) is 8.76. The van der Waals surface area contributed by atoms with Gasteiger partial charge in [0.05, 0.1) is 52.8 Å². The highest BCUT2D eigenvalue weighted by Gasteiger charge is 2.37. The van der Waals surface area contributed by atoms with Crippen LogP contribution in [0.3, 0.4) is 0 Å². The van der Waals surface area contributed by atoms with Crippen molar-refractivity contribution in [3.05, 3.63) is 72.8 Å². The number of rotatable bonds is 7. The van der Waals surface area contributed by atoms with Crippen molar-refractivity contribution in [2.75, 3.05) is 5.32 Å². The summed E-state index contributed by atoms with van der Waals surface area (Å²) < 4.78 is 29.8. The SMILES string of the molecule is Cn1cc(C#Cc2cnc(Nc3ccnc(-c4cnn(S(=O)(=O)C5CC5)c4)n3)cc2-c2cnn(C3CC3)c2)cn1.